The van der Waals surface area contributed by atoms with E-state index in [1.807, 2.05) is 37.3 Å². The zero-order valence-electron chi connectivity index (χ0n) is 17.3. The molecule has 8 heteroatoms. The van der Waals surface area contributed by atoms with Crippen molar-refractivity contribution in [3.63, 3.8) is 0 Å². The lowest BCUT2D eigenvalue weighted by Gasteiger charge is -2.11. The Morgan fingerprint density at radius 3 is 2.71 bits per heavy atom. The Bertz CT molecular complexity index is 1200. The second-order valence-corrected chi connectivity index (χ2v) is 9.27. The van der Waals surface area contributed by atoms with Crippen LogP contribution in [0.15, 0.2) is 68.9 Å². The molecule has 1 aliphatic rings. The lowest BCUT2D eigenvalue weighted by Crippen LogP contribution is -2.26. The second kappa shape index (κ2) is 8.93. The summed E-state index contributed by atoms with van der Waals surface area (Å²) in [5.41, 5.74) is 1.42. The monoisotopic (exact) mass is 439 g/mol. The van der Waals surface area contributed by atoms with Crippen LogP contribution in [0.2, 0.25) is 0 Å². The molecule has 0 bridgehead atoms. The standard InChI is InChI=1S/C23H25N3O4S/c1-16(20-15-17-9-4-6-11-19(17)30-20)25-22(27)13-3-2-8-14-24-23-18-10-5-7-12-21(18)31(28,29)26-23/h4-7,9-12,15-16H,2-3,8,13-14H2,1H3,(H,24,26)(H,25,27). The molecule has 1 aromatic heterocycles. The largest absolute Gasteiger partial charge is 0.459 e. The third-order valence-electron chi connectivity index (χ3n) is 5.24. The van der Waals surface area contributed by atoms with E-state index in [4.69, 9.17) is 4.42 Å². The Hall–Kier alpha value is -3.13. The Kier molecular flexibility index (Phi) is 6.08. The molecule has 1 amide bonds. The third kappa shape index (κ3) is 4.80. The summed E-state index contributed by atoms with van der Waals surface area (Å²) >= 11 is 0. The van der Waals surface area contributed by atoms with Crippen LogP contribution in [0.3, 0.4) is 0 Å². The van der Waals surface area contributed by atoms with Gasteiger partial charge in [-0.25, -0.2) is 8.42 Å². The van der Waals surface area contributed by atoms with Crippen molar-refractivity contribution in [3.8, 4) is 0 Å². The highest BCUT2D eigenvalue weighted by atomic mass is 32.2. The molecule has 162 valence electrons. The molecule has 0 radical (unpaired) electrons. The number of fused-ring (bicyclic) bond motifs is 2. The topological polar surface area (TPSA) is 101 Å². The number of nitrogens with zero attached hydrogens (tertiary/aromatic N) is 1. The molecule has 31 heavy (non-hydrogen) atoms. The van der Waals surface area contributed by atoms with Crippen LogP contribution in [0, 0.1) is 0 Å². The molecule has 7 nitrogen and oxygen atoms in total. The average molecular weight is 440 g/mol. The molecule has 0 saturated heterocycles. The molecule has 0 fully saturated rings. The number of sulfonamides is 1. The van der Waals surface area contributed by atoms with E-state index in [1.54, 1.807) is 24.3 Å². The summed E-state index contributed by atoms with van der Waals surface area (Å²) in [6.07, 6.45) is 2.78. The van der Waals surface area contributed by atoms with E-state index >= 15 is 0 Å². The van der Waals surface area contributed by atoms with Crippen molar-refractivity contribution in [2.75, 3.05) is 6.54 Å². The zero-order chi connectivity index (χ0) is 21.8. The van der Waals surface area contributed by atoms with Gasteiger partial charge in [0.1, 0.15) is 17.2 Å². The summed E-state index contributed by atoms with van der Waals surface area (Å²) in [6.45, 7) is 2.41. The van der Waals surface area contributed by atoms with Gasteiger partial charge in [0.05, 0.1) is 10.9 Å². The molecule has 4 rings (SSSR count). The number of para-hydroxylation sites is 1. The Labute approximate surface area is 181 Å². The Balaban J connectivity index is 1.20. The van der Waals surface area contributed by atoms with Crippen LogP contribution in [0.4, 0.5) is 0 Å². The molecule has 1 unspecified atom stereocenters. The lowest BCUT2D eigenvalue weighted by atomic mass is 10.1. The molecular weight excluding hydrogens is 414 g/mol. The number of aliphatic imine (C=N–C) groups is 1. The van der Waals surface area contributed by atoms with Crippen LogP contribution in [-0.4, -0.2) is 26.7 Å². The number of unbranched alkanes of at least 4 members (excludes halogenated alkanes) is 2. The minimum absolute atomic E-state index is 0.0169. The molecule has 3 aromatic rings. The van der Waals surface area contributed by atoms with Crippen molar-refractivity contribution in [1.82, 2.24) is 10.0 Å². The van der Waals surface area contributed by atoms with Gasteiger partial charge in [0.15, 0.2) is 0 Å². The van der Waals surface area contributed by atoms with Crippen LogP contribution in [0.25, 0.3) is 11.0 Å². The second-order valence-electron chi connectivity index (χ2n) is 7.62. The molecular formula is C23H25N3O4S. The summed E-state index contributed by atoms with van der Waals surface area (Å²) in [6, 6.07) is 16.3. The van der Waals surface area contributed by atoms with Crippen LogP contribution in [-0.2, 0) is 14.8 Å². The Morgan fingerprint density at radius 2 is 1.87 bits per heavy atom. The lowest BCUT2D eigenvalue weighted by molar-refractivity contribution is -0.122. The molecule has 0 spiro atoms. The molecule has 1 aliphatic heterocycles. The first kappa shape index (κ1) is 21.1. The maximum Gasteiger partial charge on any atom is 0.263 e. The van der Waals surface area contributed by atoms with Gasteiger partial charge < -0.3 is 9.73 Å². The summed E-state index contributed by atoms with van der Waals surface area (Å²) in [7, 11) is -3.50. The predicted octanol–water partition coefficient (Wildman–Crippen LogP) is 3.91. The summed E-state index contributed by atoms with van der Waals surface area (Å²) < 4.78 is 32.4. The van der Waals surface area contributed by atoms with E-state index in [2.05, 4.69) is 15.0 Å². The third-order valence-corrected chi connectivity index (χ3v) is 6.64. The Morgan fingerprint density at radius 1 is 1.10 bits per heavy atom. The number of amidine groups is 1. The van der Waals surface area contributed by atoms with E-state index in [1.165, 1.54) is 0 Å². The fourth-order valence-corrected chi connectivity index (χ4v) is 4.87. The minimum atomic E-state index is -3.50. The number of carbonyl (C=O) groups is 1. The van der Waals surface area contributed by atoms with Gasteiger partial charge in [-0.3, -0.25) is 14.5 Å². The molecule has 1 atom stereocenters. The quantitative estimate of drug-likeness (QED) is 0.520. The van der Waals surface area contributed by atoms with Crippen LogP contribution >= 0.6 is 0 Å². The van der Waals surface area contributed by atoms with Gasteiger partial charge >= 0.3 is 0 Å². The number of hydrogen-bond donors (Lipinski definition) is 2. The molecule has 2 N–H and O–H groups in total. The first-order valence-electron chi connectivity index (χ1n) is 10.4. The van der Waals surface area contributed by atoms with Crippen molar-refractivity contribution in [1.29, 1.82) is 0 Å². The zero-order valence-corrected chi connectivity index (χ0v) is 18.1. The molecule has 0 aliphatic carbocycles. The highest BCUT2D eigenvalue weighted by molar-refractivity contribution is 7.90. The van der Waals surface area contributed by atoms with E-state index in [0.29, 0.717) is 24.4 Å². The molecule has 2 aromatic carbocycles. The minimum Gasteiger partial charge on any atom is -0.459 e. The highest BCUT2D eigenvalue weighted by Gasteiger charge is 2.29. The van der Waals surface area contributed by atoms with E-state index < -0.39 is 10.0 Å². The van der Waals surface area contributed by atoms with Gasteiger partial charge in [-0.15, -0.1) is 0 Å². The van der Waals surface area contributed by atoms with E-state index in [0.717, 1.165) is 36.0 Å². The smallest absolute Gasteiger partial charge is 0.263 e. The average Bonchev–Trinajstić information content (AvgIpc) is 3.30. The van der Waals surface area contributed by atoms with Crippen LogP contribution < -0.4 is 10.0 Å². The highest BCUT2D eigenvalue weighted by Crippen LogP contribution is 2.24. The van der Waals surface area contributed by atoms with Gasteiger partial charge in [-0.2, -0.15) is 0 Å². The van der Waals surface area contributed by atoms with Crippen LogP contribution in [0.1, 0.15) is 50.0 Å². The number of amides is 1. The van der Waals surface area contributed by atoms with E-state index in [-0.39, 0.29) is 16.8 Å². The summed E-state index contributed by atoms with van der Waals surface area (Å²) in [5, 5.41) is 4.00. The number of hydrogen-bond acceptors (Lipinski definition) is 5. The van der Waals surface area contributed by atoms with Crippen molar-refractivity contribution >= 4 is 32.7 Å². The van der Waals surface area contributed by atoms with Gasteiger partial charge in [0.25, 0.3) is 10.0 Å². The normalized spacial score (nSPS) is 16.7. The first-order valence-corrected chi connectivity index (χ1v) is 11.9. The van der Waals surface area contributed by atoms with E-state index in [9.17, 15) is 13.2 Å². The number of nitrogens with one attached hydrogen (secondary N) is 2. The van der Waals surface area contributed by atoms with Gasteiger partial charge in [-0.1, -0.05) is 36.8 Å². The number of rotatable bonds is 8. The maximum absolute atomic E-state index is 12.2. The SMILES string of the molecule is CC(NC(=O)CCCCCN=C1NS(=O)(=O)c2ccccc21)c1cc2ccccc2o1. The number of carbonyl (C=O) groups excluding carboxylic acids is 1. The number of benzene rings is 2. The fourth-order valence-electron chi connectivity index (χ4n) is 3.62. The summed E-state index contributed by atoms with van der Waals surface area (Å²) in [5.74, 6) is 1.12. The summed E-state index contributed by atoms with van der Waals surface area (Å²) in [4.78, 5) is 16.9. The van der Waals surface area contributed by atoms with Gasteiger partial charge in [0, 0.05) is 23.9 Å². The predicted molar refractivity (Wildman–Crippen MR) is 119 cm³/mol. The fraction of sp³-hybridized carbons (Fsp3) is 0.304. The van der Waals surface area contributed by atoms with Crippen molar-refractivity contribution in [2.45, 2.75) is 43.5 Å². The van der Waals surface area contributed by atoms with Crippen molar-refractivity contribution < 1.29 is 17.6 Å². The maximum atomic E-state index is 12.2. The first-order chi connectivity index (χ1) is 14.9. The number of furan rings is 1. The molecule has 0 saturated carbocycles. The van der Waals surface area contributed by atoms with Crippen molar-refractivity contribution in [2.24, 2.45) is 4.99 Å². The van der Waals surface area contributed by atoms with Gasteiger partial charge in [0.2, 0.25) is 5.91 Å². The van der Waals surface area contributed by atoms with Gasteiger partial charge in [-0.05, 0) is 44.0 Å². The molecule has 2 heterocycles. The van der Waals surface area contributed by atoms with Crippen molar-refractivity contribution in [3.05, 3.63) is 65.9 Å². The van der Waals surface area contributed by atoms with Crippen LogP contribution in [0.5, 0.6) is 0 Å².